The zero-order valence-electron chi connectivity index (χ0n) is 13.0. The minimum Gasteiger partial charge on any atom is -0.374 e. The predicted octanol–water partition coefficient (Wildman–Crippen LogP) is 2.31. The van der Waals surface area contributed by atoms with Gasteiger partial charge in [0.15, 0.2) is 5.82 Å². The summed E-state index contributed by atoms with van der Waals surface area (Å²) in [5.74, 6) is 0.866. The van der Waals surface area contributed by atoms with Crippen molar-refractivity contribution in [3.63, 3.8) is 0 Å². The van der Waals surface area contributed by atoms with Crippen LogP contribution in [0.15, 0.2) is 28.8 Å². The number of carbonyl (C=O) groups excluding carboxylic acids is 2. The van der Waals surface area contributed by atoms with Gasteiger partial charge in [-0.25, -0.2) is 0 Å². The van der Waals surface area contributed by atoms with Crippen LogP contribution in [0.1, 0.15) is 24.7 Å². The second-order valence-corrected chi connectivity index (χ2v) is 5.60. The molecule has 7 nitrogen and oxygen atoms in total. The molecule has 3 rings (SSSR count). The number of anilines is 3. The van der Waals surface area contributed by atoms with E-state index in [9.17, 15) is 9.59 Å². The molecular formula is C16H18N4O3. The monoisotopic (exact) mass is 314 g/mol. The maximum atomic E-state index is 12.1. The van der Waals surface area contributed by atoms with Crippen LogP contribution in [0.3, 0.4) is 0 Å². The number of benzene rings is 1. The van der Waals surface area contributed by atoms with Crippen molar-refractivity contribution in [3.05, 3.63) is 35.6 Å². The summed E-state index contributed by atoms with van der Waals surface area (Å²) in [4.78, 5) is 23.5. The van der Waals surface area contributed by atoms with E-state index in [4.69, 9.17) is 4.52 Å². The molecule has 1 unspecified atom stereocenters. The molecule has 1 aromatic heterocycles. The molecule has 0 radical (unpaired) electrons. The van der Waals surface area contributed by atoms with Crippen molar-refractivity contribution in [1.29, 1.82) is 0 Å². The molecule has 3 N–H and O–H groups in total. The summed E-state index contributed by atoms with van der Waals surface area (Å²) in [5, 5.41) is 12.4. The molecule has 1 aliphatic heterocycles. The van der Waals surface area contributed by atoms with E-state index in [-0.39, 0.29) is 11.8 Å². The topological polar surface area (TPSA) is 96.3 Å². The lowest BCUT2D eigenvalue weighted by atomic mass is 10.0. The lowest BCUT2D eigenvalue weighted by Crippen LogP contribution is -2.32. The molecule has 120 valence electrons. The zero-order valence-corrected chi connectivity index (χ0v) is 13.0. The third-order valence-electron chi connectivity index (χ3n) is 3.66. The Bertz CT molecular complexity index is 754. The van der Waals surface area contributed by atoms with Gasteiger partial charge >= 0.3 is 0 Å². The fraction of sp³-hybridized carbons (Fsp3) is 0.312. The third kappa shape index (κ3) is 3.50. The minimum absolute atomic E-state index is 0.0360. The Labute approximate surface area is 133 Å². The zero-order chi connectivity index (χ0) is 16.4. The quantitative estimate of drug-likeness (QED) is 0.804. The molecule has 7 heteroatoms. The molecule has 1 aromatic carbocycles. The van der Waals surface area contributed by atoms with Gasteiger partial charge in [-0.3, -0.25) is 9.59 Å². The summed E-state index contributed by atoms with van der Waals surface area (Å²) in [7, 11) is 0. The molecule has 2 heterocycles. The number of carbonyl (C=O) groups is 2. The number of aryl methyl sites for hydroxylation is 2. The van der Waals surface area contributed by atoms with Crippen LogP contribution in [0.5, 0.6) is 0 Å². The average molecular weight is 314 g/mol. The van der Waals surface area contributed by atoms with Crippen molar-refractivity contribution >= 4 is 29.0 Å². The van der Waals surface area contributed by atoms with E-state index in [0.29, 0.717) is 24.4 Å². The molecule has 0 aliphatic carbocycles. The Kier molecular flexibility index (Phi) is 4.01. The van der Waals surface area contributed by atoms with Crippen molar-refractivity contribution < 1.29 is 14.1 Å². The molecule has 2 amide bonds. The molecule has 23 heavy (non-hydrogen) atoms. The SMILES string of the molecule is Cc1cc(NC(=O)C(C)Nc2ccc3c(c2)CCC(=O)N3)no1. The second-order valence-electron chi connectivity index (χ2n) is 5.60. The van der Waals surface area contributed by atoms with Gasteiger partial charge in [0, 0.05) is 23.9 Å². The van der Waals surface area contributed by atoms with Gasteiger partial charge < -0.3 is 20.5 Å². The van der Waals surface area contributed by atoms with Crippen LogP contribution in [0, 0.1) is 6.92 Å². The second kappa shape index (κ2) is 6.12. The van der Waals surface area contributed by atoms with Gasteiger partial charge in [0.25, 0.3) is 0 Å². The van der Waals surface area contributed by atoms with Gasteiger partial charge in [0.2, 0.25) is 11.8 Å². The van der Waals surface area contributed by atoms with Crippen molar-refractivity contribution in [3.8, 4) is 0 Å². The molecular weight excluding hydrogens is 296 g/mol. The number of amides is 2. The molecule has 0 fully saturated rings. The van der Waals surface area contributed by atoms with Gasteiger partial charge in [-0.2, -0.15) is 0 Å². The van der Waals surface area contributed by atoms with Gasteiger partial charge in [-0.15, -0.1) is 0 Å². The number of fused-ring (bicyclic) bond motifs is 1. The highest BCUT2D eigenvalue weighted by Gasteiger charge is 2.17. The molecule has 2 aromatic rings. The van der Waals surface area contributed by atoms with Crippen LogP contribution in [0.4, 0.5) is 17.2 Å². The lowest BCUT2D eigenvalue weighted by Gasteiger charge is -2.19. The molecule has 0 bridgehead atoms. The van der Waals surface area contributed by atoms with Crippen LogP contribution in [0.25, 0.3) is 0 Å². The Hall–Kier alpha value is -2.83. The predicted molar refractivity (Wildman–Crippen MR) is 86.3 cm³/mol. The van der Waals surface area contributed by atoms with E-state index < -0.39 is 6.04 Å². The highest BCUT2D eigenvalue weighted by molar-refractivity contribution is 5.96. The van der Waals surface area contributed by atoms with E-state index in [1.807, 2.05) is 18.2 Å². The summed E-state index contributed by atoms with van der Waals surface area (Å²) < 4.78 is 4.91. The van der Waals surface area contributed by atoms with Crippen molar-refractivity contribution in [2.45, 2.75) is 32.7 Å². The first kappa shape index (κ1) is 15.1. The van der Waals surface area contributed by atoms with E-state index in [0.717, 1.165) is 16.9 Å². The molecule has 0 saturated heterocycles. The fourth-order valence-electron chi connectivity index (χ4n) is 2.45. The maximum absolute atomic E-state index is 12.1. The highest BCUT2D eigenvalue weighted by atomic mass is 16.5. The summed E-state index contributed by atoms with van der Waals surface area (Å²) in [6, 6.07) is 6.86. The highest BCUT2D eigenvalue weighted by Crippen LogP contribution is 2.26. The van der Waals surface area contributed by atoms with Crippen LogP contribution in [-0.2, 0) is 16.0 Å². The van der Waals surface area contributed by atoms with Crippen LogP contribution in [-0.4, -0.2) is 23.0 Å². The lowest BCUT2D eigenvalue weighted by molar-refractivity contribution is -0.117. The smallest absolute Gasteiger partial charge is 0.247 e. The summed E-state index contributed by atoms with van der Waals surface area (Å²) in [5.41, 5.74) is 2.73. The minimum atomic E-state index is -0.441. The number of aromatic nitrogens is 1. The number of nitrogens with one attached hydrogen (secondary N) is 3. The Morgan fingerprint density at radius 2 is 2.17 bits per heavy atom. The maximum Gasteiger partial charge on any atom is 0.247 e. The summed E-state index contributed by atoms with van der Waals surface area (Å²) >= 11 is 0. The van der Waals surface area contributed by atoms with Crippen molar-refractivity contribution in [1.82, 2.24) is 5.16 Å². The van der Waals surface area contributed by atoms with Gasteiger partial charge in [-0.05, 0) is 44.0 Å². The first-order valence-corrected chi connectivity index (χ1v) is 7.45. The fourth-order valence-corrected chi connectivity index (χ4v) is 2.45. The molecule has 0 saturated carbocycles. The van der Waals surface area contributed by atoms with E-state index in [1.165, 1.54) is 0 Å². The largest absolute Gasteiger partial charge is 0.374 e. The summed E-state index contributed by atoms with van der Waals surface area (Å²) in [6.45, 7) is 3.53. The first-order valence-electron chi connectivity index (χ1n) is 7.45. The molecule has 0 spiro atoms. The van der Waals surface area contributed by atoms with E-state index in [1.54, 1.807) is 19.9 Å². The van der Waals surface area contributed by atoms with Crippen molar-refractivity contribution in [2.24, 2.45) is 0 Å². The Balaban J connectivity index is 1.64. The Morgan fingerprint density at radius 1 is 1.35 bits per heavy atom. The molecule has 1 aliphatic rings. The van der Waals surface area contributed by atoms with Gasteiger partial charge in [-0.1, -0.05) is 5.16 Å². The summed E-state index contributed by atoms with van der Waals surface area (Å²) in [6.07, 6.45) is 1.19. The van der Waals surface area contributed by atoms with Gasteiger partial charge in [0.1, 0.15) is 11.8 Å². The Morgan fingerprint density at radius 3 is 2.91 bits per heavy atom. The van der Waals surface area contributed by atoms with Crippen LogP contribution < -0.4 is 16.0 Å². The number of nitrogens with zero attached hydrogens (tertiary/aromatic N) is 1. The average Bonchev–Trinajstić information content (AvgIpc) is 2.92. The third-order valence-corrected chi connectivity index (χ3v) is 3.66. The number of rotatable bonds is 4. The number of hydrogen-bond donors (Lipinski definition) is 3. The normalized spacial score (nSPS) is 14.6. The standard InChI is InChI=1S/C16H18N4O3/c1-9-7-14(20-23-9)19-16(22)10(2)17-12-4-5-13-11(8-12)3-6-15(21)18-13/h4-5,7-8,10,17H,3,6H2,1-2H3,(H,18,21)(H,19,20,22). The number of hydrogen-bond acceptors (Lipinski definition) is 5. The van der Waals surface area contributed by atoms with E-state index >= 15 is 0 Å². The van der Waals surface area contributed by atoms with Crippen LogP contribution in [0.2, 0.25) is 0 Å². The van der Waals surface area contributed by atoms with Gasteiger partial charge in [0.05, 0.1) is 0 Å². The molecule has 1 atom stereocenters. The van der Waals surface area contributed by atoms with Crippen molar-refractivity contribution in [2.75, 3.05) is 16.0 Å². The van der Waals surface area contributed by atoms with E-state index in [2.05, 4.69) is 21.1 Å². The first-order chi connectivity index (χ1) is 11.0. The van der Waals surface area contributed by atoms with Crippen LogP contribution >= 0.6 is 0 Å².